The molecule has 7 heteroatoms. The average Bonchev–Trinajstić information content (AvgIpc) is 2.54. The molecule has 0 bridgehead atoms. The van der Waals surface area contributed by atoms with Crippen LogP contribution in [0.1, 0.15) is 11.1 Å². The highest BCUT2D eigenvalue weighted by Gasteiger charge is 2.31. The van der Waals surface area contributed by atoms with Gasteiger partial charge in [-0.2, -0.15) is 13.2 Å². The number of alkyl halides is 3. The van der Waals surface area contributed by atoms with Crippen LogP contribution in [0, 0.1) is 12.3 Å². The Balaban J connectivity index is 1.81. The Morgan fingerprint density at radius 1 is 1.21 bits per heavy atom. The van der Waals surface area contributed by atoms with Crippen LogP contribution in [-0.4, -0.2) is 45.2 Å². The van der Waals surface area contributed by atoms with Crippen molar-refractivity contribution in [1.29, 1.82) is 0 Å². The second-order valence-electron chi connectivity index (χ2n) is 6.03. The van der Waals surface area contributed by atoms with Gasteiger partial charge in [0.25, 0.3) is 5.91 Å². The van der Waals surface area contributed by atoms with Crippen molar-refractivity contribution < 1.29 is 27.8 Å². The molecule has 130 valence electrons. The quantitative estimate of drug-likeness (QED) is 0.575. The van der Waals surface area contributed by atoms with Gasteiger partial charge in [-0.05, 0) is 12.1 Å². The summed E-state index contributed by atoms with van der Waals surface area (Å²) in [7, 11) is 0. The summed E-state index contributed by atoms with van der Waals surface area (Å²) in [5.74, 6) is 2.29. The second-order valence-corrected chi connectivity index (χ2v) is 6.03. The third-order valence-electron chi connectivity index (χ3n) is 4.17. The third-order valence-corrected chi connectivity index (χ3v) is 4.17. The van der Waals surface area contributed by atoms with E-state index in [1.807, 2.05) is 0 Å². The van der Waals surface area contributed by atoms with E-state index in [9.17, 15) is 18.0 Å². The number of terminal acetylenes is 1. The number of hydrogen-bond acceptors (Lipinski definition) is 1. The van der Waals surface area contributed by atoms with Gasteiger partial charge in [0.1, 0.15) is 32.7 Å². The molecule has 1 amide bonds. The molecule has 1 aromatic carbocycles. The van der Waals surface area contributed by atoms with Crippen LogP contribution in [-0.2, 0) is 17.5 Å². The summed E-state index contributed by atoms with van der Waals surface area (Å²) in [6, 6.07) is 5.50. The van der Waals surface area contributed by atoms with Crippen LogP contribution in [0.4, 0.5) is 13.2 Å². The second kappa shape index (κ2) is 8.18. The van der Waals surface area contributed by atoms with E-state index in [0.717, 1.165) is 32.2 Å². The van der Waals surface area contributed by atoms with E-state index in [4.69, 9.17) is 6.42 Å². The molecule has 1 aliphatic rings. The Bertz CT molecular complexity index is 602. The van der Waals surface area contributed by atoms with Crippen molar-refractivity contribution in [1.82, 2.24) is 5.32 Å². The molecule has 0 aliphatic carbocycles. The van der Waals surface area contributed by atoms with Gasteiger partial charge >= 0.3 is 6.18 Å². The lowest BCUT2D eigenvalue weighted by Gasteiger charge is -2.29. The number of nitrogens with one attached hydrogen (secondary N) is 3. The minimum atomic E-state index is -4.31. The standard InChI is InChI=1S/C17H20F3N3O/c1-2-6-21-16(24)13-23-9-7-22(8-10-23)12-14-4-3-5-15(11-14)17(18,19)20/h1,3-5,11H,6-10,12-13H2,(H,21,24)/p+2. The monoisotopic (exact) mass is 341 g/mol. The zero-order chi connectivity index (χ0) is 17.6. The van der Waals surface area contributed by atoms with Gasteiger partial charge in [-0.3, -0.25) is 4.79 Å². The third kappa shape index (κ3) is 5.55. The summed E-state index contributed by atoms with van der Waals surface area (Å²) in [5.41, 5.74) is 0.0869. The molecule has 1 aromatic rings. The predicted octanol–water partition coefficient (Wildman–Crippen LogP) is -1.26. The van der Waals surface area contributed by atoms with Crippen LogP contribution in [0.5, 0.6) is 0 Å². The number of rotatable bonds is 5. The molecule has 4 nitrogen and oxygen atoms in total. The van der Waals surface area contributed by atoms with Gasteiger partial charge < -0.3 is 15.1 Å². The molecule has 1 fully saturated rings. The number of carbonyl (C=O) groups excluding carboxylic acids is 1. The smallest absolute Gasteiger partial charge is 0.340 e. The highest BCUT2D eigenvalue weighted by molar-refractivity contribution is 5.77. The zero-order valence-corrected chi connectivity index (χ0v) is 13.4. The fourth-order valence-corrected chi connectivity index (χ4v) is 2.90. The Labute approximate surface area is 139 Å². The average molecular weight is 341 g/mol. The van der Waals surface area contributed by atoms with Crippen molar-refractivity contribution in [3.63, 3.8) is 0 Å². The summed E-state index contributed by atoms with van der Waals surface area (Å²) in [5, 5.41) is 2.64. The Kier molecular flexibility index (Phi) is 6.23. The van der Waals surface area contributed by atoms with E-state index in [-0.39, 0.29) is 12.5 Å². The molecular weight excluding hydrogens is 319 g/mol. The van der Waals surface area contributed by atoms with Crippen molar-refractivity contribution in [2.45, 2.75) is 12.7 Å². The van der Waals surface area contributed by atoms with Crippen LogP contribution >= 0.6 is 0 Å². The molecule has 3 N–H and O–H groups in total. The van der Waals surface area contributed by atoms with Crippen molar-refractivity contribution in [3.05, 3.63) is 35.4 Å². The molecular formula is C17H22F3N3O+2. The first kappa shape index (κ1) is 18.3. The zero-order valence-electron chi connectivity index (χ0n) is 13.4. The van der Waals surface area contributed by atoms with Crippen LogP contribution < -0.4 is 15.1 Å². The van der Waals surface area contributed by atoms with Crippen molar-refractivity contribution in [3.8, 4) is 12.3 Å². The first-order valence-electron chi connectivity index (χ1n) is 7.92. The minimum absolute atomic E-state index is 0.0655. The van der Waals surface area contributed by atoms with Crippen LogP contribution in [0.25, 0.3) is 0 Å². The first-order valence-corrected chi connectivity index (χ1v) is 7.92. The lowest BCUT2D eigenvalue weighted by molar-refractivity contribution is -1.02. The van der Waals surface area contributed by atoms with Crippen molar-refractivity contribution >= 4 is 5.91 Å². The molecule has 0 atom stereocenters. The van der Waals surface area contributed by atoms with Gasteiger partial charge in [0.15, 0.2) is 6.54 Å². The summed E-state index contributed by atoms with van der Waals surface area (Å²) in [6.07, 6.45) is 0.788. The lowest BCUT2D eigenvalue weighted by atomic mass is 10.1. The molecule has 1 saturated heterocycles. The summed E-state index contributed by atoms with van der Waals surface area (Å²) >= 11 is 0. The Morgan fingerprint density at radius 2 is 1.88 bits per heavy atom. The fourth-order valence-electron chi connectivity index (χ4n) is 2.90. The van der Waals surface area contributed by atoms with Crippen LogP contribution in [0.15, 0.2) is 24.3 Å². The summed E-state index contributed by atoms with van der Waals surface area (Å²) in [6.45, 7) is 4.48. The number of hydrogen-bond donors (Lipinski definition) is 3. The fraction of sp³-hybridized carbons (Fsp3) is 0.471. The molecule has 0 unspecified atom stereocenters. The highest BCUT2D eigenvalue weighted by atomic mass is 19.4. The molecule has 2 rings (SSSR count). The number of piperazine rings is 1. The molecule has 0 radical (unpaired) electrons. The van der Waals surface area contributed by atoms with E-state index >= 15 is 0 Å². The number of carbonyl (C=O) groups is 1. The SMILES string of the molecule is C#CCNC(=O)C[NH+]1CC[NH+](Cc2cccc(C(F)(F)F)c2)CC1. The maximum Gasteiger partial charge on any atom is 0.416 e. The van der Waals surface area contributed by atoms with Gasteiger partial charge in [0.2, 0.25) is 0 Å². The first-order chi connectivity index (χ1) is 11.4. The predicted molar refractivity (Wildman–Crippen MR) is 83.3 cm³/mol. The lowest BCUT2D eigenvalue weighted by Crippen LogP contribution is -3.28. The van der Waals surface area contributed by atoms with E-state index in [2.05, 4.69) is 11.2 Å². The normalized spacial score (nSPS) is 21.1. The highest BCUT2D eigenvalue weighted by Crippen LogP contribution is 2.29. The minimum Gasteiger partial charge on any atom is -0.340 e. The van der Waals surface area contributed by atoms with Gasteiger partial charge in [-0.25, -0.2) is 0 Å². The van der Waals surface area contributed by atoms with E-state index < -0.39 is 11.7 Å². The molecule has 24 heavy (non-hydrogen) atoms. The van der Waals surface area contributed by atoms with Crippen LogP contribution in [0.3, 0.4) is 0 Å². The maximum absolute atomic E-state index is 12.7. The van der Waals surface area contributed by atoms with E-state index in [1.165, 1.54) is 21.9 Å². The largest absolute Gasteiger partial charge is 0.416 e. The number of quaternary nitrogens is 2. The van der Waals surface area contributed by atoms with Crippen LogP contribution in [0.2, 0.25) is 0 Å². The topological polar surface area (TPSA) is 38.0 Å². The molecule has 0 aromatic heterocycles. The summed E-state index contributed by atoms with van der Waals surface area (Å²) in [4.78, 5) is 14.0. The number of amides is 1. The molecule has 1 heterocycles. The Morgan fingerprint density at radius 3 is 2.50 bits per heavy atom. The van der Waals surface area contributed by atoms with Crippen molar-refractivity contribution in [2.75, 3.05) is 39.3 Å². The molecule has 0 spiro atoms. The van der Waals surface area contributed by atoms with Gasteiger partial charge in [-0.1, -0.05) is 18.1 Å². The van der Waals surface area contributed by atoms with Crippen molar-refractivity contribution in [2.24, 2.45) is 0 Å². The molecule has 0 saturated carbocycles. The maximum atomic E-state index is 12.7. The molecule has 1 aliphatic heterocycles. The summed E-state index contributed by atoms with van der Waals surface area (Å²) < 4.78 is 38.2. The van der Waals surface area contributed by atoms with Gasteiger partial charge in [-0.15, -0.1) is 6.42 Å². The number of halogens is 3. The van der Waals surface area contributed by atoms with E-state index in [1.54, 1.807) is 6.07 Å². The van der Waals surface area contributed by atoms with Gasteiger partial charge in [0.05, 0.1) is 12.1 Å². The van der Waals surface area contributed by atoms with E-state index in [0.29, 0.717) is 18.7 Å². The Hall–Kier alpha value is -2.04. The number of benzene rings is 1. The van der Waals surface area contributed by atoms with Gasteiger partial charge in [0, 0.05) is 5.56 Å².